The average molecular weight is 315 g/mol. The molecule has 2 heterocycles. The number of carboxylic acids is 1. The molecule has 1 aliphatic rings. The van der Waals surface area contributed by atoms with Gasteiger partial charge in [-0.1, -0.05) is 35.5 Å². The van der Waals surface area contributed by atoms with Gasteiger partial charge in [0.15, 0.2) is 17.1 Å². The number of hydrogen-bond acceptors (Lipinski definition) is 5. The number of nitrogens with zero attached hydrogens (tertiary/aromatic N) is 2. The van der Waals surface area contributed by atoms with E-state index in [1.165, 1.54) is 0 Å². The van der Waals surface area contributed by atoms with E-state index >= 15 is 0 Å². The summed E-state index contributed by atoms with van der Waals surface area (Å²) in [7, 11) is 0. The Morgan fingerprint density at radius 3 is 2.57 bits per heavy atom. The lowest BCUT2D eigenvalue weighted by molar-refractivity contribution is -0.128. The summed E-state index contributed by atoms with van der Waals surface area (Å²) in [5.74, 6) is -0.970. The van der Waals surface area contributed by atoms with Crippen molar-refractivity contribution in [1.29, 1.82) is 0 Å². The summed E-state index contributed by atoms with van der Waals surface area (Å²) in [6.07, 6.45) is 2.02. The van der Waals surface area contributed by atoms with E-state index in [1.807, 2.05) is 6.07 Å². The summed E-state index contributed by atoms with van der Waals surface area (Å²) in [6, 6.07) is 8.88. The number of benzene rings is 1. The lowest BCUT2D eigenvalue weighted by Crippen LogP contribution is -2.33. The maximum Gasteiger partial charge on any atom is 0.343 e. The fourth-order valence-electron chi connectivity index (χ4n) is 2.63. The second-order valence-electron chi connectivity index (χ2n) is 5.35. The fraction of sp³-hybridized carbons (Fsp3) is 0.312. The molecule has 1 aromatic carbocycles. The van der Waals surface area contributed by atoms with E-state index in [0.717, 1.165) is 25.9 Å². The topological polar surface area (TPSA) is 95.7 Å². The smallest absolute Gasteiger partial charge is 0.343 e. The van der Waals surface area contributed by atoms with E-state index in [2.05, 4.69) is 10.5 Å². The predicted molar refractivity (Wildman–Crippen MR) is 83.2 cm³/mol. The van der Waals surface area contributed by atoms with E-state index < -0.39 is 5.97 Å². The van der Waals surface area contributed by atoms with Gasteiger partial charge in [-0.25, -0.2) is 4.79 Å². The van der Waals surface area contributed by atoms with Crippen LogP contribution in [0.1, 0.15) is 23.2 Å². The summed E-state index contributed by atoms with van der Waals surface area (Å²) >= 11 is 0. The van der Waals surface area contributed by atoms with Crippen molar-refractivity contribution in [3.63, 3.8) is 0 Å². The molecule has 120 valence electrons. The second kappa shape index (κ2) is 6.51. The first-order valence-electron chi connectivity index (χ1n) is 7.47. The number of amides is 1. The highest BCUT2D eigenvalue weighted by Gasteiger charge is 2.25. The Morgan fingerprint density at radius 1 is 1.22 bits per heavy atom. The van der Waals surface area contributed by atoms with Crippen molar-refractivity contribution in [2.24, 2.45) is 0 Å². The van der Waals surface area contributed by atoms with Gasteiger partial charge in [-0.3, -0.25) is 4.79 Å². The summed E-state index contributed by atoms with van der Waals surface area (Å²) in [5.41, 5.74) is 0.557. The van der Waals surface area contributed by atoms with Gasteiger partial charge in [0, 0.05) is 18.7 Å². The molecule has 7 heteroatoms. The molecule has 0 aliphatic carbocycles. The van der Waals surface area contributed by atoms with Gasteiger partial charge in [0.05, 0.1) is 6.54 Å². The molecule has 0 bridgehead atoms. The number of likely N-dealkylation sites (tertiary alicyclic amines) is 1. The number of rotatable bonds is 5. The first kappa shape index (κ1) is 15.1. The van der Waals surface area contributed by atoms with Crippen LogP contribution in [-0.4, -0.2) is 46.7 Å². The zero-order chi connectivity index (χ0) is 16.2. The molecule has 23 heavy (non-hydrogen) atoms. The van der Waals surface area contributed by atoms with Gasteiger partial charge in [-0.2, -0.15) is 0 Å². The number of carbonyl (C=O) groups excluding carboxylic acids is 1. The normalized spacial score (nSPS) is 14.0. The lowest BCUT2D eigenvalue weighted by Gasteiger charge is -2.15. The zero-order valence-electron chi connectivity index (χ0n) is 12.5. The molecule has 0 unspecified atom stereocenters. The van der Waals surface area contributed by atoms with Gasteiger partial charge in [-0.15, -0.1) is 0 Å². The maximum absolute atomic E-state index is 12.0. The van der Waals surface area contributed by atoms with Gasteiger partial charge in [0.1, 0.15) is 0 Å². The maximum atomic E-state index is 12.0. The van der Waals surface area contributed by atoms with Crippen LogP contribution in [0.4, 0.5) is 5.82 Å². The molecule has 0 radical (unpaired) electrons. The number of nitrogens with one attached hydrogen (secondary N) is 1. The molecular weight excluding hydrogens is 298 g/mol. The summed E-state index contributed by atoms with van der Waals surface area (Å²) in [6.45, 7) is 1.50. The van der Waals surface area contributed by atoms with Crippen LogP contribution < -0.4 is 5.32 Å². The standard InChI is InChI=1S/C16H17N3O4/c20-12(19-8-4-5-9-19)10-17-15-13(16(21)22)14(23-18-15)11-6-2-1-3-7-11/h1-3,6-7H,4-5,8-10H2,(H,17,18)(H,21,22). The minimum Gasteiger partial charge on any atom is -0.477 e. The Hall–Kier alpha value is -2.83. The molecule has 3 rings (SSSR count). The van der Waals surface area contributed by atoms with E-state index in [0.29, 0.717) is 5.56 Å². The highest BCUT2D eigenvalue weighted by atomic mass is 16.5. The van der Waals surface area contributed by atoms with E-state index in [4.69, 9.17) is 4.52 Å². The van der Waals surface area contributed by atoms with Gasteiger partial charge in [-0.05, 0) is 12.8 Å². The molecule has 0 saturated carbocycles. The Morgan fingerprint density at radius 2 is 1.91 bits per heavy atom. The molecule has 1 aromatic heterocycles. The predicted octanol–water partition coefficient (Wildman–Crippen LogP) is 2.07. The third-order valence-corrected chi connectivity index (χ3v) is 3.81. The number of aromatic nitrogens is 1. The third-order valence-electron chi connectivity index (χ3n) is 3.81. The van der Waals surface area contributed by atoms with Crippen LogP contribution in [0, 0.1) is 0 Å². The molecule has 0 atom stereocenters. The van der Waals surface area contributed by atoms with Crippen molar-refractivity contribution in [3.8, 4) is 11.3 Å². The highest BCUT2D eigenvalue weighted by Crippen LogP contribution is 2.29. The minimum atomic E-state index is -1.15. The van der Waals surface area contributed by atoms with Crippen LogP contribution in [0.15, 0.2) is 34.9 Å². The van der Waals surface area contributed by atoms with Crippen molar-refractivity contribution in [2.75, 3.05) is 25.0 Å². The van der Waals surface area contributed by atoms with Gasteiger partial charge < -0.3 is 19.8 Å². The van der Waals surface area contributed by atoms with E-state index in [-0.39, 0.29) is 29.6 Å². The van der Waals surface area contributed by atoms with Crippen LogP contribution in [0.3, 0.4) is 0 Å². The molecule has 2 aromatic rings. The molecule has 1 fully saturated rings. The zero-order valence-corrected chi connectivity index (χ0v) is 12.5. The highest BCUT2D eigenvalue weighted by molar-refractivity contribution is 5.99. The van der Waals surface area contributed by atoms with Crippen LogP contribution >= 0.6 is 0 Å². The Bertz CT molecular complexity index is 705. The van der Waals surface area contributed by atoms with Gasteiger partial charge in [0.25, 0.3) is 0 Å². The summed E-state index contributed by atoms with van der Waals surface area (Å²) in [4.78, 5) is 25.3. The fourth-order valence-corrected chi connectivity index (χ4v) is 2.63. The Labute approximate surface area is 132 Å². The van der Waals surface area contributed by atoms with Crippen LogP contribution in [0.25, 0.3) is 11.3 Å². The quantitative estimate of drug-likeness (QED) is 0.877. The van der Waals surface area contributed by atoms with Gasteiger partial charge >= 0.3 is 5.97 Å². The minimum absolute atomic E-state index is 0.00103. The SMILES string of the molecule is O=C(O)c1c(NCC(=O)N2CCCC2)noc1-c1ccccc1. The van der Waals surface area contributed by atoms with Crippen LogP contribution in [0.2, 0.25) is 0 Å². The van der Waals surface area contributed by atoms with Crippen molar-refractivity contribution in [2.45, 2.75) is 12.8 Å². The van der Waals surface area contributed by atoms with Gasteiger partial charge in [0.2, 0.25) is 5.91 Å². The molecular formula is C16H17N3O4. The van der Waals surface area contributed by atoms with Crippen molar-refractivity contribution in [1.82, 2.24) is 10.1 Å². The summed E-state index contributed by atoms with van der Waals surface area (Å²) < 4.78 is 5.18. The van der Waals surface area contributed by atoms with Crippen molar-refractivity contribution in [3.05, 3.63) is 35.9 Å². The Kier molecular flexibility index (Phi) is 4.27. The van der Waals surface area contributed by atoms with Crippen molar-refractivity contribution >= 4 is 17.7 Å². The van der Waals surface area contributed by atoms with Crippen molar-refractivity contribution < 1.29 is 19.2 Å². The van der Waals surface area contributed by atoms with E-state index in [9.17, 15) is 14.7 Å². The molecule has 7 nitrogen and oxygen atoms in total. The van der Waals surface area contributed by atoms with Crippen LogP contribution in [0.5, 0.6) is 0 Å². The molecule has 1 aliphatic heterocycles. The second-order valence-corrected chi connectivity index (χ2v) is 5.35. The number of aromatic carboxylic acids is 1. The summed E-state index contributed by atoms with van der Waals surface area (Å²) in [5, 5.41) is 16.0. The molecule has 2 N–H and O–H groups in total. The van der Waals surface area contributed by atoms with Crippen LogP contribution in [-0.2, 0) is 4.79 Å². The average Bonchev–Trinajstić information content (AvgIpc) is 3.23. The lowest BCUT2D eigenvalue weighted by atomic mass is 10.1. The molecule has 1 saturated heterocycles. The first-order valence-corrected chi connectivity index (χ1v) is 7.47. The largest absolute Gasteiger partial charge is 0.477 e. The Balaban J connectivity index is 1.78. The van der Waals surface area contributed by atoms with E-state index in [1.54, 1.807) is 29.2 Å². The molecule has 1 amide bonds. The number of carbonyl (C=O) groups is 2. The third kappa shape index (κ3) is 3.18. The number of hydrogen-bond donors (Lipinski definition) is 2. The number of anilines is 1. The molecule has 0 spiro atoms. The first-order chi connectivity index (χ1) is 11.2. The number of carboxylic acid groups (broad SMARTS) is 1. The monoisotopic (exact) mass is 315 g/mol.